The molecule has 2 N–H and O–H groups in total. The van der Waals surface area contributed by atoms with Gasteiger partial charge in [-0.3, -0.25) is 4.90 Å². The first kappa shape index (κ1) is 13.8. The Morgan fingerprint density at radius 2 is 2.25 bits per heavy atom. The van der Waals surface area contributed by atoms with Crippen LogP contribution < -0.4 is 5.73 Å². The summed E-state index contributed by atoms with van der Waals surface area (Å²) in [5.41, 5.74) is 8.14. The van der Waals surface area contributed by atoms with Crippen LogP contribution in [-0.4, -0.2) is 47.5 Å². The Bertz CT molecular complexity index is 595. The van der Waals surface area contributed by atoms with Gasteiger partial charge in [0.2, 0.25) is 0 Å². The molecule has 0 bridgehead atoms. The van der Waals surface area contributed by atoms with Gasteiger partial charge in [0, 0.05) is 32.2 Å². The second kappa shape index (κ2) is 5.68. The molecule has 1 aliphatic heterocycles. The van der Waals surface area contributed by atoms with E-state index in [2.05, 4.69) is 47.0 Å². The smallest absolute Gasteiger partial charge is 0.181 e. The Morgan fingerprint density at radius 1 is 1.40 bits per heavy atom. The summed E-state index contributed by atoms with van der Waals surface area (Å²) in [4.78, 5) is 9.34. The summed E-state index contributed by atoms with van der Waals surface area (Å²) in [6.07, 6.45) is 1.22. The number of rotatable bonds is 3. The summed E-state index contributed by atoms with van der Waals surface area (Å²) >= 11 is 1.57. The molecule has 5 heteroatoms. The molecule has 1 fully saturated rings. The first-order chi connectivity index (χ1) is 9.65. The molecule has 108 valence electrons. The first-order valence-electron chi connectivity index (χ1n) is 7.23. The summed E-state index contributed by atoms with van der Waals surface area (Å²) in [5.74, 6) is 0. The summed E-state index contributed by atoms with van der Waals surface area (Å²) in [6, 6.07) is 7.19. The average Bonchev–Trinajstić information content (AvgIpc) is 2.80. The molecule has 0 amide bonds. The Hall–Kier alpha value is -1.17. The van der Waals surface area contributed by atoms with Gasteiger partial charge < -0.3 is 10.6 Å². The van der Waals surface area contributed by atoms with E-state index >= 15 is 0 Å². The maximum atomic E-state index is 5.77. The highest BCUT2D eigenvalue weighted by Crippen LogP contribution is 2.25. The van der Waals surface area contributed by atoms with Crippen molar-refractivity contribution in [2.75, 3.05) is 32.4 Å². The molecule has 3 rings (SSSR count). The predicted octanol–water partition coefficient (Wildman–Crippen LogP) is 2.40. The van der Waals surface area contributed by atoms with E-state index in [-0.39, 0.29) is 0 Å². The lowest BCUT2D eigenvalue weighted by molar-refractivity contribution is 0.0884. The van der Waals surface area contributed by atoms with E-state index in [0.29, 0.717) is 11.2 Å². The molecule has 2 heterocycles. The molecule has 0 spiro atoms. The number of nitrogens with zero attached hydrogens (tertiary/aromatic N) is 3. The molecule has 1 aromatic carbocycles. The van der Waals surface area contributed by atoms with E-state index in [1.165, 1.54) is 16.7 Å². The molecule has 0 radical (unpaired) electrons. The standard InChI is InChI=1S/C15H22N4S/c1-3-12-10-19(7-6-18(12)2)9-11-4-5-13-14(8-11)20-15(16)17-13/h4-5,8,12H,3,6-7,9-10H2,1-2H3,(H2,16,17). The summed E-state index contributed by atoms with van der Waals surface area (Å²) in [7, 11) is 2.23. The van der Waals surface area contributed by atoms with Gasteiger partial charge in [-0.15, -0.1) is 0 Å². The molecule has 1 saturated heterocycles. The topological polar surface area (TPSA) is 45.4 Å². The fourth-order valence-electron chi connectivity index (χ4n) is 2.94. The molecule has 1 unspecified atom stereocenters. The van der Waals surface area contributed by atoms with Crippen LogP contribution in [0, 0.1) is 0 Å². The monoisotopic (exact) mass is 290 g/mol. The quantitative estimate of drug-likeness (QED) is 0.943. The zero-order valence-corrected chi connectivity index (χ0v) is 13.0. The zero-order chi connectivity index (χ0) is 14.1. The van der Waals surface area contributed by atoms with Crippen molar-refractivity contribution in [2.45, 2.75) is 25.9 Å². The van der Waals surface area contributed by atoms with E-state index in [4.69, 9.17) is 5.73 Å². The highest BCUT2D eigenvalue weighted by Gasteiger charge is 2.22. The number of nitrogens with two attached hydrogens (primary N) is 1. The largest absolute Gasteiger partial charge is 0.375 e. The van der Waals surface area contributed by atoms with Crippen LogP contribution in [0.15, 0.2) is 18.2 Å². The normalized spacial score (nSPS) is 21.6. The molecule has 1 atom stereocenters. The third kappa shape index (κ3) is 2.80. The maximum Gasteiger partial charge on any atom is 0.181 e. The number of anilines is 1. The number of nitrogen functional groups attached to an aromatic ring is 1. The summed E-state index contributed by atoms with van der Waals surface area (Å²) in [6.45, 7) is 6.77. The number of hydrogen-bond donors (Lipinski definition) is 1. The molecule has 0 saturated carbocycles. The first-order valence-corrected chi connectivity index (χ1v) is 8.05. The van der Waals surface area contributed by atoms with Crippen LogP contribution in [0.5, 0.6) is 0 Å². The van der Waals surface area contributed by atoms with Crippen molar-refractivity contribution in [2.24, 2.45) is 0 Å². The minimum atomic E-state index is 0.655. The Morgan fingerprint density at radius 3 is 3.05 bits per heavy atom. The second-order valence-corrected chi connectivity index (χ2v) is 6.69. The van der Waals surface area contributed by atoms with Crippen molar-refractivity contribution in [1.82, 2.24) is 14.8 Å². The van der Waals surface area contributed by atoms with E-state index in [9.17, 15) is 0 Å². The van der Waals surface area contributed by atoms with Gasteiger partial charge in [0.05, 0.1) is 10.2 Å². The third-order valence-corrected chi connectivity index (χ3v) is 5.06. The number of hydrogen-bond acceptors (Lipinski definition) is 5. The van der Waals surface area contributed by atoms with Gasteiger partial charge in [0.15, 0.2) is 5.13 Å². The van der Waals surface area contributed by atoms with Gasteiger partial charge in [-0.1, -0.05) is 24.3 Å². The summed E-state index contributed by atoms with van der Waals surface area (Å²) in [5, 5.41) is 0.655. The lowest BCUT2D eigenvalue weighted by atomic mass is 10.1. The molecule has 0 aliphatic carbocycles. The number of thiazole rings is 1. The van der Waals surface area contributed by atoms with Gasteiger partial charge >= 0.3 is 0 Å². The number of piperazine rings is 1. The number of aromatic nitrogens is 1. The van der Waals surface area contributed by atoms with Crippen LogP contribution in [0.2, 0.25) is 0 Å². The fourth-order valence-corrected chi connectivity index (χ4v) is 3.74. The van der Waals surface area contributed by atoms with Crippen LogP contribution in [-0.2, 0) is 6.54 Å². The molecule has 2 aromatic rings. The van der Waals surface area contributed by atoms with Gasteiger partial charge in [-0.2, -0.15) is 0 Å². The molecule has 4 nitrogen and oxygen atoms in total. The molecular weight excluding hydrogens is 268 g/mol. The molecule has 20 heavy (non-hydrogen) atoms. The molecule has 1 aliphatic rings. The van der Waals surface area contributed by atoms with Crippen LogP contribution in [0.1, 0.15) is 18.9 Å². The zero-order valence-electron chi connectivity index (χ0n) is 12.2. The van der Waals surface area contributed by atoms with Crippen molar-refractivity contribution in [3.63, 3.8) is 0 Å². The van der Waals surface area contributed by atoms with Gasteiger partial charge in [-0.25, -0.2) is 4.98 Å². The fraction of sp³-hybridized carbons (Fsp3) is 0.533. The van der Waals surface area contributed by atoms with Crippen molar-refractivity contribution in [3.05, 3.63) is 23.8 Å². The lowest BCUT2D eigenvalue weighted by Gasteiger charge is -2.39. The Balaban J connectivity index is 1.72. The van der Waals surface area contributed by atoms with Crippen LogP contribution in [0.4, 0.5) is 5.13 Å². The third-order valence-electron chi connectivity index (χ3n) is 4.21. The summed E-state index contributed by atoms with van der Waals surface area (Å²) < 4.78 is 1.20. The second-order valence-electron chi connectivity index (χ2n) is 5.63. The molecule has 1 aromatic heterocycles. The van der Waals surface area contributed by atoms with Crippen LogP contribution in [0.25, 0.3) is 10.2 Å². The van der Waals surface area contributed by atoms with Gasteiger partial charge in [0.25, 0.3) is 0 Å². The van der Waals surface area contributed by atoms with Crippen molar-refractivity contribution in [3.8, 4) is 0 Å². The number of fused-ring (bicyclic) bond motifs is 1. The van der Waals surface area contributed by atoms with E-state index in [0.717, 1.165) is 31.7 Å². The van der Waals surface area contributed by atoms with Crippen LogP contribution in [0.3, 0.4) is 0 Å². The van der Waals surface area contributed by atoms with Crippen LogP contribution >= 0.6 is 11.3 Å². The maximum absolute atomic E-state index is 5.77. The minimum Gasteiger partial charge on any atom is -0.375 e. The van der Waals surface area contributed by atoms with E-state index < -0.39 is 0 Å². The van der Waals surface area contributed by atoms with Gasteiger partial charge in [-0.05, 0) is 31.2 Å². The van der Waals surface area contributed by atoms with Gasteiger partial charge in [0.1, 0.15) is 0 Å². The highest BCUT2D eigenvalue weighted by atomic mass is 32.1. The van der Waals surface area contributed by atoms with E-state index in [1.54, 1.807) is 11.3 Å². The number of benzene rings is 1. The SMILES string of the molecule is CCC1CN(Cc2ccc3nc(N)sc3c2)CCN1C. The average molecular weight is 290 g/mol. The Kier molecular flexibility index (Phi) is 3.92. The van der Waals surface area contributed by atoms with Crippen molar-refractivity contribution in [1.29, 1.82) is 0 Å². The minimum absolute atomic E-state index is 0.655. The van der Waals surface area contributed by atoms with E-state index in [1.807, 2.05) is 0 Å². The van der Waals surface area contributed by atoms with Crippen molar-refractivity contribution < 1.29 is 0 Å². The highest BCUT2D eigenvalue weighted by molar-refractivity contribution is 7.22. The van der Waals surface area contributed by atoms with Crippen molar-refractivity contribution >= 4 is 26.7 Å². The molecular formula is C15H22N4S. The lowest BCUT2D eigenvalue weighted by Crippen LogP contribution is -2.50. The Labute approximate surface area is 124 Å². The predicted molar refractivity (Wildman–Crippen MR) is 86.0 cm³/mol. The number of likely N-dealkylation sites (N-methyl/N-ethyl adjacent to an activating group) is 1.